The van der Waals surface area contributed by atoms with Gasteiger partial charge in [0.2, 0.25) is 5.91 Å². The zero-order valence-corrected chi connectivity index (χ0v) is 18.2. The van der Waals surface area contributed by atoms with Crippen LogP contribution >= 0.6 is 0 Å². The summed E-state index contributed by atoms with van der Waals surface area (Å²) in [4.78, 5) is 28.8. The van der Waals surface area contributed by atoms with Crippen LogP contribution in [0.25, 0.3) is 0 Å². The zero-order chi connectivity index (χ0) is 21.8. The first-order chi connectivity index (χ1) is 15.0. The number of piperazine rings is 1. The second kappa shape index (κ2) is 9.52. The Labute approximate surface area is 184 Å². The van der Waals surface area contributed by atoms with Crippen LogP contribution in [0.5, 0.6) is 5.75 Å². The summed E-state index contributed by atoms with van der Waals surface area (Å²) in [5.74, 6) is 0.899. The Morgan fingerprint density at radius 3 is 2.65 bits per heavy atom. The van der Waals surface area contributed by atoms with E-state index in [1.807, 2.05) is 30.3 Å². The van der Waals surface area contributed by atoms with E-state index in [-0.39, 0.29) is 24.0 Å². The van der Waals surface area contributed by atoms with Gasteiger partial charge in [0.1, 0.15) is 5.75 Å². The smallest absolute Gasteiger partial charge is 0.221 e. The van der Waals surface area contributed by atoms with E-state index in [0.717, 1.165) is 80.1 Å². The number of nitrogens with two attached hydrogens (primary N) is 1. The molecule has 1 fully saturated rings. The van der Waals surface area contributed by atoms with Crippen molar-refractivity contribution in [1.82, 2.24) is 4.90 Å². The number of nitrogens with zero attached hydrogens (tertiary/aromatic N) is 2. The van der Waals surface area contributed by atoms with Gasteiger partial charge in [0.05, 0.1) is 19.2 Å². The van der Waals surface area contributed by atoms with Crippen molar-refractivity contribution in [3.05, 3.63) is 59.2 Å². The number of carbonyl (C=O) groups excluding carboxylic acids is 2. The predicted octanol–water partition coefficient (Wildman–Crippen LogP) is 2.68. The minimum atomic E-state index is -0.341. The van der Waals surface area contributed by atoms with Crippen molar-refractivity contribution in [3.8, 4) is 5.75 Å². The fraction of sp³-hybridized carbons (Fsp3) is 0.440. The molecule has 1 aliphatic heterocycles. The highest BCUT2D eigenvalue weighted by Crippen LogP contribution is 2.31. The molecule has 6 nitrogen and oxygen atoms in total. The minimum absolute atomic E-state index is 0.0636. The standard InChI is InChI=1S/C25H31N3O3/c1-31-23-7-3-2-6-22(23)28-13-11-27(12-14-28)10-4-5-19-17-20-15-18(16-24(26)29)8-9-21(20)25(19)30/h2-3,6-9,15,19H,4-5,10-14,16-17H2,1H3,(H2,26,29). The number of hydrogen-bond donors (Lipinski definition) is 1. The molecule has 0 bridgehead atoms. The van der Waals surface area contributed by atoms with E-state index in [4.69, 9.17) is 10.5 Å². The summed E-state index contributed by atoms with van der Waals surface area (Å²) >= 11 is 0. The topological polar surface area (TPSA) is 75.9 Å². The maximum absolute atomic E-state index is 12.7. The van der Waals surface area contributed by atoms with Crippen LogP contribution in [0, 0.1) is 5.92 Å². The SMILES string of the molecule is COc1ccccc1N1CCN(CCCC2Cc3cc(CC(N)=O)ccc3C2=O)CC1. The summed E-state index contributed by atoms with van der Waals surface area (Å²) in [5.41, 5.74) is 9.25. The number of primary amides is 1. The molecule has 31 heavy (non-hydrogen) atoms. The van der Waals surface area contributed by atoms with E-state index in [1.165, 1.54) is 0 Å². The number of hydrogen-bond acceptors (Lipinski definition) is 5. The Kier molecular flexibility index (Phi) is 6.56. The normalized spacial score (nSPS) is 18.8. The van der Waals surface area contributed by atoms with Crippen LogP contribution in [-0.4, -0.2) is 56.4 Å². The highest BCUT2D eigenvalue weighted by Gasteiger charge is 2.30. The average molecular weight is 422 g/mol. The van der Waals surface area contributed by atoms with E-state index >= 15 is 0 Å². The lowest BCUT2D eigenvalue weighted by atomic mass is 9.99. The van der Waals surface area contributed by atoms with Gasteiger partial charge in [-0.2, -0.15) is 0 Å². The Morgan fingerprint density at radius 2 is 1.90 bits per heavy atom. The third-order valence-electron chi connectivity index (χ3n) is 6.48. The molecule has 0 saturated carbocycles. The highest BCUT2D eigenvalue weighted by atomic mass is 16.5. The molecule has 0 aromatic heterocycles. The predicted molar refractivity (Wildman–Crippen MR) is 122 cm³/mol. The number of Topliss-reactive ketones (excluding diaryl/α,β-unsaturated/α-hetero) is 1. The lowest BCUT2D eigenvalue weighted by molar-refractivity contribution is -0.117. The molecule has 0 radical (unpaired) electrons. The van der Waals surface area contributed by atoms with E-state index < -0.39 is 0 Å². The van der Waals surface area contributed by atoms with Crippen LogP contribution in [0.2, 0.25) is 0 Å². The van der Waals surface area contributed by atoms with Crippen LogP contribution in [0.4, 0.5) is 5.69 Å². The van der Waals surface area contributed by atoms with Crippen LogP contribution in [-0.2, 0) is 17.6 Å². The second-order valence-corrected chi connectivity index (χ2v) is 8.54. The number of para-hydroxylation sites is 2. The van der Waals surface area contributed by atoms with Crippen LogP contribution < -0.4 is 15.4 Å². The second-order valence-electron chi connectivity index (χ2n) is 8.54. The Bertz CT molecular complexity index is 951. The van der Waals surface area contributed by atoms with Crippen molar-refractivity contribution in [1.29, 1.82) is 0 Å². The van der Waals surface area contributed by atoms with Gasteiger partial charge in [-0.15, -0.1) is 0 Å². The van der Waals surface area contributed by atoms with Gasteiger partial charge in [-0.25, -0.2) is 0 Å². The van der Waals surface area contributed by atoms with Gasteiger partial charge in [0.25, 0.3) is 0 Å². The number of methoxy groups -OCH3 is 1. The first kappa shape index (κ1) is 21.4. The molecule has 1 amide bonds. The van der Waals surface area contributed by atoms with Gasteiger partial charge in [0, 0.05) is 37.7 Å². The van der Waals surface area contributed by atoms with Crippen molar-refractivity contribution in [3.63, 3.8) is 0 Å². The maximum Gasteiger partial charge on any atom is 0.221 e. The molecule has 1 heterocycles. The lowest BCUT2D eigenvalue weighted by Gasteiger charge is -2.36. The summed E-state index contributed by atoms with van der Waals surface area (Å²) in [5, 5.41) is 0. The molecule has 164 valence electrons. The molecule has 2 aliphatic rings. The molecule has 2 N–H and O–H groups in total. The number of benzene rings is 2. The number of ketones is 1. The molecule has 4 rings (SSSR count). The van der Waals surface area contributed by atoms with E-state index in [9.17, 15) is 9.59 Å². The van der Waals surface area contributed by atoms with Crippen molar-refractivity contribution < 1.29 is 14.3 Å². The fourth-order valence-corrected chi connectivity index (χ4v) is 4.84. The van der Waals surface area contributed by atoms with Crippen LogP contribution in [0.15, 0.2) is 42.5 Å². The number of fused-ring (bicyclic) bond motifs is 1. The van der Waals surface area contributed by atoms with Crippen molar-refractivity contribution in [2.24, 2.45) is 11.7 Å². The van der Waals surface area contributed by atoms with E-state index in [1.54, 1.807) is 7.11 Å². The van der Waals surface area contributed by atoms with Gasteiger partial charge >= 0.3 is 0 Å². The molecular weight excluding hydrogens is 390 g/mol. The number of carbonyl (C=O) groups is 2. The fourth-order valence-electron chi connectivity index (χ4n) is 4.84. The summed E-state index contributed by atoms with van der Waals surface area (Å²) in [6.07, 6.45) is 2.94. The maximum atomic E-state index is 12.7. The van der Waals surface area contributed by atoms with Crippen LogP contribution in [0.3, 0.4) is 0 Å². The number of ether oxygens (including phenoxy) is 1. The van der Waals surface area contributed by atoms with Gasteiger partial charge in [-0.3, -0.25) is 14.5 Å². The van der Waals surface area contributed by atoms with Crippen molar-refractivity contribution >= 4 is 17.4 Å². The Balaban J connectivity index is 1.24. The quantitative estimate of drug-likeness (QED) is 0.709. The van der Waals surface area contributed by atoms with Crippen LogP contribution in [0.1, 0.15) is 34.3 Å². The number of amides is 1. The molecule has 2 aromatic carbocycles. The first-order valence-electron chi connectivity index (χ1n) is 11.1. The average Bonchev–Trinajstić information content (AvgIpc) is 3.08. The molecule has 0 spiro atoms. The van der Waals surface area contributed by atoms with Gasteiger partial charge < -0.3 is 15.4 Å². The molecule has 6 heteroatoms. The Morgan fingerprint density at radius 1 is 1.13 bits per heavy atom. The molecule has 1 atom stereocenters. The van der Waals surface area contributed by atoms with E-state index in [2.05, 4.69) is 21.9 Å². The van der Waals surface area contributed by atoms with Crippen molar-refractivity contribution in [2.45, 2.75) is 25.7 Å². The number of rotatable bonds is 8. The summed E-state index contributed by atoms with van der Waals surface area (Å²) in [6, 6.07) is 13.9. The Hall–Kier alpha value is -2.86. The third-order valence-corrected chi connectivity index (χ3v) is 6.48. The molecule has 1 unspecified atom stereocenters. The molecular formula is C25H31N3O3. The van der Waals surface area contributed by atoms with Gasteiger partial charge in [-0.1, -0.05) is 30.3 Å². The monoisotopic (exact) mass is 421 g/mol. The molecule has 1 saturated heterocycles. The largest absolute Gasteiger partial charge is 0.495 e. The number of anilines is 1. The third kappa shape index (κ3) is 4.90. The van der Waals surface area contributed by atoms with Crippen molar-refractivity contribution in [2.75, 3.05) is 44.7 Å². The summed E-state index contributed by atoms with van der Waals surface area (Å²) < 4.78 is 5.50. The minimum Gasteiger partial charge on any atom is -0.495 e. The van der Waals surface area contributed by atoms with E-state index in [0.29, 0.717) is 0 Å². The lowest BCUT2D eigenvalue weighted by Crippen LogP contribution is -2.46. The molecule has 1 aliphatic carbocycles. The summed E-state index contributed by atoms with van der Waals surface area (Å²) in [7, 11) is 1.72. The summed E-state index contributed by atoms with van der Waals surface area (Å²) in [6.45, 7) is 5.03. The highest BCUT2D eigenvalue weighted by molar-refractivity contribution is 6.02. The van der Waals surface area contributed by atoms with Gasteiger partial charge in [-0.05, 0) is 49.1 Å². The first-order valence-corrected chi connectivity index (χ1v) is 11.1. The molecule has 2 aromatic rings. The zero-order valence-electron chi connectivity index (χ0n) is 18.2. The van der Waals surface area contributed by atoms with Gasteiger partial charge in [0.15, 0.2) is 5.78 Å².